The molecule has 124 valence electrons. The highest BCUT2D eigenvalue weighted by Gasteiger charge is 2.25. The van der Waals surface area contributed by atoms with Gasteiger partial charge < -0.3 is 5.32 Å². The molecule has 1 aromatic heterocycles. The molecular formula is C14H18N4O3S2. The highest BCUT2D eigenvalue weighted by Crippen LogP contribution is 2.19. The van der Waals surface area contributed by atoms with Crippen molar-refractivity contribution in [3.63, 3.8) is 0 Å². The third-order valence-corrected chi connectivity index (χ3v) is 5.97. The minimum Gasteiger partial charge on any atom is -0.352 e. The van der Waals surface area contributed by atoms with E-state index >= 15 is 0 Å². The van der Waals surface area contributed by atoms with Crippen molar-refractivity contribution in [2.75, 3.05) is 25.9 Å². The fraction of sp³-hybridized carbons (Fsp3) is 0.500. The number of amides is 1. The Morgan fingerprint density at radius 2 is 2.00 bits per heavy atom. The van der Waals surface area contributed by atoms with Gasteiger partial charge in [-0.1, -0.05) is 0 Å². The molecule has 1 fully saturated rings. The lowest BCUT2D eigenvalue weighted by atomic mass is 9.98. The van der Waals surface area contributed by atoms with Crippen molar-refractivity contribution < 1.29 is 13.2 Å². The fourth-order valence-electron chi connectivity index (χ4n) is 2.71. The van der Waals surface area contributed by atoms with Crippen LogP contribution < -0.4 is 5.32 Å². The molecule has 0 atom stereocenters. The highest BCUT2D eigenvalue weighted by molar-refractivity contribution is 7.88. The van der Waals surface area contributed by atoms with E-state index in [0.29, 0.717) is 31.1 Å². The second-order valence-electron chi connectivity index (χ2n) is 5.78. The van der Waals surface area contributed by atoms with E-state index in [2.05, 4.69) is 14.1 Å². The zero-order valence-electron chi connectivity index (χ0n) is 12.7. The average molecular weight is 354 g/mol. The molecule has 0 bridgehead atoms. The first-order valence-corrected chi connectivity index (χ1v) is 9.97. The Bertz CT molecular complexity index is 810. The van der Waals surface area contributed by atoms with Gasteiger partial charge in [-0.3, -0.25) is 4.79 Å². The number of hydrogen-bond acceptors (Lipinski definition) is 6. The minimum absolute atomic E-state index is 0.134. The molecule has 0 aliphatic carbocycles. The number of carbonyl (C=O) groups excluding carboxylic acids is 1. The predicted molar refractivity (Wildman–Crippen MR) is 88.9 cm³/mol. The van der Waals surface area contributed by atoms with Gasteiger partial charge in [-0.15, -0.1) is 0 Å². The second-order valence-corrected chi connectivity index (χ2v) is 8.29. The van der Waals surface area contributed by atoms with E-state index in [4.69, 9.17) is 0 Å². The van der Waals surface area contributed by atoms with Crippen molar-refractivity contribution >= 4 is 38.7 Å². The van der Waals surface area contributed by atoms with E-state index in [9.17, 15) is 13.2 Å². The van der Waals surface area contributed by atoms with Gasteiger partial charge in [-0.05, 0) is 37.0 Å². The van der Waals surface area contributed by atoms with Crippen LogP contribution in [0.1, 0.15) is 23.2 Å². The van der Waals surface area contributed by atoms with Gasteiger partial charge in [0.1, 0.15) is 11.0 Å². The molecule has 1 aromatic carbocycles. The number of carbonyl (C=O) groups is 1. The third kappa shape index (κ3) is 3.85. The molecule has 1 N–H and O–H groups in total. The van der Waals surface area contributed by atoms with Gasteiger partial charge in [0.15, 0.2) is 0 Å². The van der Waals surface area contributed by atoms with Gasteiger partial charge >= 0.3 is 0 Å². The molecule has 1 aliphatic rings. The maximum absolute atomic E-state index is 12.2. The summed E-state index contributed by atoms with van der Waals surface area (Å²) in [7, 11) is -3.10. The average Bonchev–Trinajstić information content (AvgIpc) is 2.99. The largest absolute Gasteiger partial charge is 0.352 e. The standard InChI is InChI=1S/C14H18N4O3S2/c1-23(20,21)18-6-4-10(5-7-18)9-15-14(19)11-2-3-12-13(8-11)17-22-16-12/h2-3,8,10H,4-7,9H2,1H3,(H,15,19). The molecule has 2 aromatic rings. The molecule has 23 heavy (non-hydrogen) atoms. The number of benzene rings is 1. The summed E-state index contributed by atoms with van der Waals surface area (Å²) >= 11 is 1.13. The molecule has 0 spiro atoms. The van der Waals surface area contributed by atoms with E-state index in [0.717, 1.165) is 35.6 Å². The van der Waals surface area contributed by atoms with Crippen LogP contribution in [0.2, 0.25) is 0 Å². The zero-order chi connectivity index (χ0) is 16.4. The summed E-state index contributed by atoms with van der Waals surface area (Å²) in [5.41, 5.74) is 2.09. The van der Waals surface area contributed by atoms with Gasteiger partial charge in [0.05, 0.1) is 18.0 Å². The van der Waals surface area contributed by atoms with Crippen LogP contribution in [0, 0.1) is 5.92 Å². The maximum Gasteiger partial charge on any atom is 0.251 e. The number of sulfonamides is 1. The van der Waals surface area contributed by atoms with Crippen LogP contribution in [-0.4, -0.2) is 53.3 Å². The molecule has 0 unspecified atom stereocenters. The summed E-state index contributed by atoms with van der Waals surface area (Å²) in [6.45, 7) is 1.61. The minimum atomic E-state index is -3.10. The lowest BCUT2D eigenvalue weighted by Gasteiger charge is -2.30. The van der Waals surface area contributed by atoms with E-state index in [1.807, 2.05) is 0 Å². The normalized spacial score (nSPS) is 17.4. The lowest BCUT2D eigenvalue weighted by molar-refractivity contribution is 0.0941. The number of aromatic nitrogens is 2. The number of fused-ring (bicyclic) bond motifs is 1. The first-order valence-electron chi connectivity index (χ1n) is 7.39. The number of nitrogens with one attached hydrogen (secondary N) is 1. The summed E-state index contributed by atoms with van der Waals surface area (Å²) in [6.07, 6.45) is 2.77. The van der Waals surface area contributed by atoms with Gasteiger partial charge in [0.25, 0.3) is 5.91 Å². The van der Waals surface area contributed by atoms with Gasteiger partial charge in [0.2, 0.25) is 10.0 Å². The van der Waals surface area contributed by atoms with Crippen molar-refractivity contribution in [2.45, 2.75) is 12.8 Å². The van der Waals surface area contributed by atoms with Gasteiger partial charge in [0, 0.05) is 25.2 Å². The Balaban J connectivity index is 1.53. The van der Waals surface area contributed by atoms with Crippen LogP contribution in [0.3, 0.4) is 0 Å². The van der Waals surface area contributed by atoms with Crippen LogP contribution in [0.5, 0.6) is 0 Å². The Kier molecular flexibility index (Phi) is 4.60. The fourth-order valence-corrected chi connectivity index (χ4v) is 4.10. The Labute approximate surface area is 139 Å². The molecule has 1 saturated heterocycles. The van der Waals surface area contributed by atoms with E-state index < -0.39 is 10.0 Å². The predicted octanol–water partition coefficient (Wildman–Crippen LogP) is 1.09. The number of hydrogen-bond donors (Lipinski definition) is 1. The van der Waals surface area contributed by atoms with Crippen molar-refractivity contribution in [2.24, 2.45) is 5.92 Å². The summed E-state index contributed by atoms with van der Waals surface area (Å²) in [5, 5.41) is 2.93. The second kappa shape index (κ2) is 6.50. The molecule has 1 aliphatic heterocycles. The molecule has 9 heteroatoms. The van der Waals surface area contributed by atoms with E-state index in [-0.39, 0.29) is 5.91 Å². The lowest BCUT2D eigenvalue weighted by Crippen LogP contribution is -2.41. The Morgan fingerprint density at radius 1 is 1.30 bits per heavy atom. The molecule has 1 amide bonds. The smallest absolute Gasteiger partial charge is 0.251 e. The number of rotatable bonds is 4. The summed E-state index contributed by atoms with van der Waals surface area (Å²) in [5.74, 6) is 0.173. The van der Waals surface area contributed by atoms with Crippen LogP contribution in [0.25, 0.3) is 11.0 Å². The molecule has 3 rings (SSSR count). The van der Waals surface area contributed by atoms with Crippen LogP contribution >= 0.6 is 11.7 Å². The molecule has 7 nitrogen and oxygen atoms in total. The van der Waals surface area contributed by atoms with Crippen molar-refractivity contribution in [1.82, 2.24) is 18.4 Å². The molecule has 0 saturated carbocycles. The van der Waals surface area contributed by atoms with Crippen LogP contribution in [0.4, 0.5) is 0 Å². The van der Waals surface area contributed by atoms with Crippen molar-refractivity contribution in [3.8, 4) is 0 Å². The van der Waals surface area contributed by atoms with E-state index in [1.165, 1.54) is 10.6 Å². The number of nitrogens with zero attached hydrogens (tertiary/aromatic N) is 3. The topological polar surface area (TPSA) is 92.3 Å². The van der Waals surface area contributed by atoms with Crippen LogP contribution in [0.15, 0.2) is 18.2 Å². The molecule has 2 heterocycles. The Hall–Kier alpha value is -1.58. The van der Waals surface area contributed by atoms with E-state index in [1.54, 1.807) is 18.2 Å². The molecule has 0 radical (unpaired) electrons. The highest BCUT2D eigenvalue weighted by atomic mass is 32.2. The first kappa shape index (κ1) is 16.3. The number of piperidine rings is 1. The monoisotopic (exact) mass is 354 g/mol. The zero-order valence-corrected chi connectivity index (χ0v) is 14.4. The Morgan fingerprint density at radius 3 is 2.70 bits per heavy atom. The quantitative estimate of drug-likeness (QED) is 0.887. The third-order valence-electron chi connectivity index (χ3n) is 4.11. The SMILES string of the molecule is CS(=O)(=O)N1CCC(CNC(=O)c2ccc3nsnc3c2)CC1. The summed E-state index contributed by atoms with van der Waals surface area (Å²) in [4.78, 5) is 12.2. The van der Waals surface area contributed by atoms with Gasteiger partial charge in [-0.25, -0.2) is 12.7 Å². The van der Waals surface area contributed by atoms with Crippen molar-refractivity contribution in [3.05, 3.63) is 23.8 Å². The van der Waals surface area contributed by atoms with Gasteiger partial charge in [-0.2, -0.15) is 8.75 Å². The van der Waals surface area contributed by atoms with Crippen molar-refractivity contribution in [1.29, 1.82) is 0 Å². The van der Waals surface area contributed by atoms with Crippen LogP contribution in [-0.2, 0) is 10.0 Å². The molecular weight excluding hydrogens is 336 g/mol. The summed E-state index contributed by atoms with van der Waals surface area (Å²) in [6, 6.07) is 5.27. The maximum atomic E-state index is 12.2. The summed E-state index contributed by atoms with van der Waals surface area (Å²) < 4.78 is 32.7. The first-order chi connectivity index (χ1) is 10.9.